The topological polar surface area (TPSA) is 109 Å². The van der Waals surface area contributed by atoms with Crippen LogP contribution in [0.25, 0.3) is 0 Å². The predicted octanol–water partition coefficient (Wildman–Crippen LogP) is 0.436. The van der Waals surface area contributed by atoms with Crippen molar-refractivity contribution in [3.8, 4) is 0 Å². The maximum atomic E-state index is 11.3. The maximum Gasteiger partial charge on any atom is 0.407 e. The van der Waals surface area contributed by atoms with Crippen molar-refractivity contribution in [3.63, 3.8) is 0 Å². The SMILES string of the molecule is CC(C)(C)OC(=O)NCCOCCOCCOCCC(N)=O. The average Bonchev–Trinajstić information content (AvgIpc) is 2.37. The molecule has 0 saturated carbocycles. The van der Waals surface area contributed by atoms with Crippen molar-refractivity contribution in [1.82, 2.24) is 5.32 Å². The van der Waals surface area contributed by atoms with Gasteiger partial charge in [0.05, 0.1) is 39.6 Å². The van der Waals surface area contributed by atoms with Crippen molar-refractivity contribution < 1.29 is 28.5 Å². The van der Waals surface area contributed by atoms with Crippen LogP contribution in [0.3, 0.4) is 0 Å². The van der Waals surface area contributed by atoms with Crippen LogP contribution in [0.2, 0.25) is 0 Å². The van der Waals surface area contributed by atoms with Gasteiger partial charge in [0.1, 0.15) is 5.60 Å². The molecule has 0 radical (unpaired) electrons. The lowest BCUT2D eigenvalue weighted by molar-refractivity contribution is -0.119. The molecule has 0 unspecified atom stereocenters. The largest absolute Gasteiger partial charge is 0.444 e. The molecule has 0 aromatic rings. The first-order valence-electron chi connectivity index (χ1n) is 7.29. The predicted molar refractivity (Wildman–Crippen MR) is 80.5 cm³/mol. The van der Waals surface area contributed by atoms with Gasteiger partial charge in [0.25, 0.3) is 0 Å². The summed E-state index contributed by atoms with van der Waals surface area (Å²) in [4.78, 5) is 21.7. The van der Waals surface area contributed by atoms with Crippen LogP contribution in [0, 0.1) is 0 Å². The smallest absolute Gasteiger partial charge is 0.407 e. The lowest BCUT2D eigenvalue weighted by Gasteiger charge is -2.19. The number of nitrogens with two attached hydrogens (primary N) is 1. The van der Waals surface area contributed by atoms with Crippen molar-refractivity contribution in [1.29, 1.82) is 0 Å². The van der Waals surface area contributed by atoms with Crippen LogP contribution in [0.5, 0.6) is 0 Å². The first kappa shape index (κ1) is 20.6. The second-order valence-corrected chi connectivity index (χ2v) is 5.48. The minimum absolute atomic E-state index is 0.216. The van der Waals surface area contributed by atoms with Crippen molar-refractivity contribution in [2.45, 2.75) is 32.8 Å². The van der Waals surface area contributed by atoms with Gasteiger partial charge in [-0.2, -0.15) is 0 Å². The summed E-state index contributed by atoms with van der Waals surface area (Å²) in [6.45, 7) is 8.19. The summed E-state index contributed by atoms with van der Waals surface area (Å²) < 4.78 is 20.7. The molecule has 0 atom stereocenters. The lowest BCUT2D eigenvalue weighted by atomic mass is 10.2. The van der Waals surface area contributed by atoms with Crippen LogP contribution in [0.1, 0.15) is 27.2 Å². The zero-order chi connectivity index (χ0) is 16.8. The molecule has 0 bridgehead atoms. The molecule has 0 aliphatic heterocycles. The average molecular weight is 320 g/mol. The number of alkyl carbamates (subject to hydrolysis) is 1. The van der Waals surface area contributed by atoms with E-state index in [9.17, 15) is 9.59 Å². The van der Waals surface area contributed by atoms with E-state index in [0.29, 0.717) is 46.2 Å². The quantitative estimate of drug-likeness (QED) is 0.505. The fourth-order valence-electron chi connectivity index (χ4n) is 1.25. The summed E-state index contributed by atoms with van der Waals surface area (Å²) in [6.07, 6.45) is -0.242. The summed E-state index contributed by atoms with van der Waals surface area (Å²) in [5.41, 5.74) is 4.46. The molecular formula is C14H28N2O6. The Morgan fingerprint density at radius 1 is 0.909 bits per heavy atom. The van der Waals surface area contributed by atoms with Gasteiger partial charge in [-0.3, -0.25) is 4.79 Å². The Morgan fingerprint density at radius 3 is 1.91 bits per heavy atom. The Hall–Kier alpha value is -1.38. The number of hydrogen-bond donors (Lipinski definition) is 2. The fraction of sp³-hybridized carbons (Fsp3) is 0.857. The Labute approximate surface area is 131 Å². The number of carbonyl (C=O) groups excluding carboxylic acids is 2. The first-order valence-corrected chi connectivity index (χ1v) is 7.29. The molecule has 0 aliphatic carbocycles. The molecule has 0 rings (SSSR count). The number of carbonyl (C=O) groups is 2. The monoisotopic (exact) mass is 320 g/mol. The molecule has 0 aliphatic rings. The van der Waals surface area contributed by atoms with E-state index in [0.717, 1.165) is 0 Å². The van der Waals surface area contributed by atoms with E-state index in [2.05, 4.69) is 5.32 Å². The molecule has 3 N–H and O–H groups in total. The van der Waals surface area contributed by atoms with E-state index in [1.807, 2.05) is 0 Å². The summed E-state index contributed by atoms with van der Waals surface area (Å²) in [6, 6.07) is 0. The Bertz CT molecular complexity index is 317. The van der Waals surface area contributed by atoms with Crippen LogP contribution < -0.4 is 11.1 Å². The van der Waals surface area contributed by atoms with Gasteiger partial charge in [0.2, 0.25) is 5.91 Å². The van der Waals surface area contributed by atoms with E-state index >= 15 is 0 Å². The van der Waals surface area contributed by atoms with Gasteiger partial charge in [-0.05, 0) is 20.8 Å². The minimum Gasteiger partial charge on any atom is -0.444 e. The number of rotatable bonds is 12. The first-order chi connectivity index (χ1) is 10.3. The summed E-state index contributed by atoms with van der Waals surface area (Å²) in [5, 5.41) is 2.59. The van der Waals surface area contributed by atoms with Crippen molar-refractivity contribution in [2.75, 3.05) is 46.2 Å². The number of amides is 2. The van der Waals surface area contributed by atoms with Crippen molar-refractivity contribution in [3.05, 3.63) is 0 Å². The number of hydrogen-bond acceptors (Lipinski definition) is 6. The normalized spacial score (nSPS) is 11.2. The molecule has 2 amide bonds. The molecule has 0 saturated heterocycles. The Morgan fingerprint density at radius 2 is 1.41 bits per heavy atom. The molecule has 0 fully saturated rings. The molecule has 8 nitrogen and oxygen atoms in total. The number of primary amides is 1. The zero-order valence-electron chi connectivity index (χ0n) is 13.7. The Kier molecular flexibility index (Phi) is 11.4. The van der Waals surface area contributed by atoms with E-state index in [-0.39, 0.29) is 12.3 Å². The van der Waals surface area contributed by atoms with Crippen molar-refractivity contribution >= 4 is 12.0 Å². The van der Waals surface area contributed by atoms with Crippen LogP contribution >= 0.6 is 0 Å². The molecule has 0 spiro atoms. The van der Waals surface area contributed by atoms with Crippen LogP contribution in [-0.2, 0) is 23.7 Å². The van der Waals surface area contributed by atoms with Crippen LogP contribution in [0.15, 0.2) is 0 Å². The molecule has 8 heteroatoms. The van der Waals surface area contributed by atoms with Gasteiger partial charge in [-0.25, -0.2) is 4.79 Å². The third-order valence-corrected chi connectivity index (χ3v) is 2.15. The van der Waals surface area contributed by atoms with Gasteiger partial charge in [0.15, 0.2) is 0 Å². The van der Waals surface area contributed by atoms with Crippen LogP contribution in [0.4, 0.5) is 4.79 Å². The molecule has 130 valence electrons. The van der Waals surface area contributed by atoms with E-state index < -0.39 is 11.7 Å². The highest BCUT2D eigenvalue weighted by atomic mass is 16.6. The highest BCUT2D eigenvalue weighted by molar-refractivity contribution is 5.73. The Balaban J connectivity index is 3.21. The van der Waals surface area contributed by atoms with E-state index in [1.165, 1.54) is 0 Å². The van der Waals surface area contributed by atoms with Gasteiger partial charge >= 0.3 is 6.09 Å². The third kappa shape index (κ3) is 16.7. The highest BCUT2D eigenvalue weighted by Gasteiger charge is 2.15. The van der Waals surface area contributed by atoms with Crippen LogP contribution in [-0.4, -0.2) is 63.8 Å². The molecule has 0 aromatic carbocycles. The summed E-state index contributed by atoms with van der Waals surface area (Å²) in [5.74, 6) is -0.380. The van der Waals surface area contributed by atoms with Crippen molar-refractivity contribution in [2.24, 2.45) is 5.73 Å². The standard InChI is InChI=1S/C14H28N2O6/c1-14(2,3)22-13(18)16-5-7-20-9-11-21-10-8-19-6-4-12(15)17/h4-11H2,1-3H3,(H2,15,17)(H,16,18). The summed E-state index contributed by atoms with van der Waals surface area (Å²) >= 11 is 0. The molecule has 0 heterocycles. The summed E-state index contributed by atoms with van der Waals surface area (Å²) in [7, 11) is 0. The molecule has 22 heavy (non-hydrogen) atoms. The maximum absolute atomic E-state index is 11.3. The minimum atomic E-state index is -0.502. The van der Waals surface area contributed by atoms with Gasteiger partial charge in [-0.1, -0.05) is 0 Å². The van der Waals surface area contributed by atoms with E-state index in [1.54, 1.807) is 20.8 Å². The second-order valence-electron chi connectivity index (χ2n) is 5.48. The highest BCUT2D eigenvalue weighted by Crippen LogP contribution is 2.05. The number of ether oxygens (including phenoxy) is 4. The van der Waals surface area contributed by atoms with Gasteiger partial charge in [0, 0.05) is 13.0 Å². The molecular weight excluding hydrogens is 292 g/mol. The van der Waals surface area contributed by atoms with Gasteiger partial charge in [-0.15, -0.1) is 0 Å². The third-order valence-electron chi connectivity index (χ3n) is 2.15. The zero-order valence-corrected chi connectivity index (χ0v) is 13.7. The van der Waals surface area contributed by atoms with Gasteiger partial charge < -0.3 is 30.0 Å². The fourth-order valence-corrected chi connectivity index (χ4v) is 1.25. The molecule has 0 aromatic heterocycles. The number of nitrogens with one attached hydrogen (secondary N) is 1. The van der Waals surface area contributed by atoms with E-state index in [4.69, 9.17) is 24.7 Å². The lowest BCUT2D eigenvalue weighted by Crippen LogP contribution is -2.34. The second kappa shape index (κ2) is 12.2.